The van der Waals surface area contributed by atoms with E-state index in [1.807, 2.05) is 24.4 Å². The predicted molar refractivity (Wildman–Crippen MR) is 61.6 cm³/mol. The molecule has 0 saturated heterocycles. The van der Waals surface area contributed by atoms with Crippen molar-refractivity contribution in [1.82, 2.24) is 5.32 Å². The van der Waals surface area contributed by atoms with Gasteiger partial charge in [-0.2, -0.15) is 0 Å². The van der Waals surface area contributed by atoms with Gasteiger partial charge in [0.2, 0.25) is 5.91 Å². The van der Waals surface area contributed by atoms with E-state index in [9.17, 15) is 4.79 Å². The largest absolute Gasteiger partial charge is 0.348 e. The number of amides is 1. The monoisotopic (exact) mass is 224 g/mol. The van der Waals surface area contributed by atoms with E-state index in [0.29, 0.717) is 6.54 Å². The fourth-order valence-electron chi connectivity index (χ4n) is 1.63. The van der Waals surface area contributed by atoms with E-state index < -0.39 is 0 Å². The van der Waals surface area contributed by atoms with Crippen LogP contribution in [0.4, 0.5) is 0 Å². The summed E-state index contributed by atoms with van der Waals surface area (Å²) in [6.45, 7) is 2.48. The third-order valence-electron chi connectivity index (χ3n) is 3.04. The summed E-state index contributed by atoms with van der Waals surface area (Å²) in [6.07, 6.45) is 1.87. The Morgan fingerprint density at radius 3 is 2.93 bits per heavy atom. The van der Waals surface area contributed by atoms with Crippen LogP contribution in [0.2, 0.25) is 0 Å². The van der Waals surface area contributed by atoms with E-state index in [4.69, 9.17) is 5.73 Å². The quantitative estimate of drug-likeness (QED) is 0.817. The summed E-state index contributed by atoms with van der Waals surface area (Å²) >= 11 is 1.67. The maximum Gasteiger partial charge on any atom is 0.227 e. The first-order chi connectivity index (χ1) is 7.18. The SMILES string of the molecule is C[C@H](NC(=O)C1(CN)CC1)c1cccs1. The minimum atomic E-state index is -0.245. The van der Waals surface area contributed by atoms with Gasteiger partial charge in [0, 0.05) is 11.4 Å². The number of hydrogen-bond donors (Lipinski definition) is 2. The van der Waals surface area contributed by atoms with Crippen LogP contribution in [0.3, 0.4) is 0 Å². The van der Waals surface area contributed by atoms with Gasteiger partial charge >= 0.3 is 0 Å². The second-order valence-electron chi connectivity index (χ2n) is 4.20. The molecule has 1 atom stereocenters. The van der Waals surface area contributed by atoms with E-state index in [1.54, 1.807) is 11.3 Å². The first-order valence-corrected chi connectivity index (χ1v) is 6.10. The lowest BCUT2D eigenvalue weighted by Gasteiger charge is -2.17. The van der Waals surface area contributed by atoms with Crippen molar-refractivity contribution < 1.29 is 4.79 Å². The van der Waals surface area contributed by atoms with Gasteiger partial charge in [-0.3, -0.25) is 4.79 Å². The minimum absolute atomic E-state index is 0.0986. The lowest BCUT2D eigenvalue weighted by Crippen LogP contribution is -2.37. The molecule has 1 aliphatic rings. The number of carbonyl (C=O) groups excluding carboxylic acids is 1. The third kappa shape index (κ3) is 2.06. The molecule has 2 rings (SSSR count). The van der Waals surface area contributed by atoms with Crippen LogP contribution < -0.4 is 11.1 Å². The molecule has 1 saturated carbocycles. The van der Waals surface area contributed by atoms with Crippen LogP contribution in [-0.2, 0) is 4.79 Å². The Hall–Kier alpha value is -0.870. The molecular weight excluding hydrogens is 208 g/mol. The van der Waals surface area contributed by atoms with Crippen molar-refractivity contribution in [1.29, 1.82) is 0 Å². The molecule has 0 aromatic carbocycles. The highest BCUT2D eigenvalue weighted by atomic mass is 32.1. The Morgan fingerprint density at radius 1 is 1.73 bits per heavy atom. The zero-order valence-corrected chi connectivity index (χ0v) is 9.64. The zero-order chi connectivity index (χ0) is 10.9. The summed E-state index contributed by atoms with van der Waals surface area (Å²) in [6, 6.07) is 4.14. The van der Waals surface area contributed by atoms with Crippen molar-refractivity contribution in [2.24, 2.45) is 11.1 Å². The van der Waals surface area contributed by atoms with Crippen molar-refractivity contribution in [3.63, 3.8) is 0 Å². The second kappa shape index (κ2) is 3.94. The van der Waals surface area contributed by atoms with E-state index in [-0.39, 0.29) is 17.4 Å². The van der Waals surface area contributed by atoms with Crippen molar-refractivity contribution in [3.8, 4) is 0 Å². The Labute approximate surface area is 93.7 Å². The summed E-state index contributed by atoms with van der Waals surface area (Å²) in [7, 11) is 0. The highest BCUT2D eigenvalue weighted by Gasteiger charge is 2.48. The lowest BCUT2D eigenvalue weighted by molar-refractivity contribution is -0.126. The smallest absolute Gasteiger partial charge is 0.227 e. The molecule has 4 heteroatoms. The first kappa shape index (κ1) is 10.6. The third-order valence-corrected chi connectivity index (χ3v) is 4.10. The lowest BCUT2D eigenvalue weighted by atomic mass is 10.1. The summed E-state index contributed by atoms with van der Waals surface area (Å²) in [5.41, 5.74) is 5.36. The summed E-state index contributed by atoms with van der Waals surface area (Å²) in [5, 5.41) is 5.05. The predicted octanol–water partition coefficient (Wildman–Crippen LogP) is 1.66. The van der Waals surface area contributed by atoms with Crippen LogP contribution in [0.25, 0.3) is 0 Å². The molecule has 1 fully saturated rings. The second-order valence-corrected chi connectivity index (χ2v) is 5.17. The van der Waals surface area contributed by atoms with Gasteiger partial charge in [0.25, 0.3) is 0 Å². The van der Waals surface area contributed by atoms with Gasteiger partial charge in [-0.15, -0.1) is 11.3 Å². The standard InChI is InChI=1S/C11H16N2OS/c1-8(9-3-2-6-15-9)13-10(14)11(7-12)4-5-11/h2-3,6,8H,4-5,7,12H2,1H3,(H,13,14)/t8-/m0/s1. The van der Waals surface area contributed by atoms with Gasteiger partial charge in [-0.25, -0.2) is 0 Å². The van der Waals surface area contributed by atoms with Crippen LogP contribution in [0.1, 0.15) is 30.7 Å². The van der Waals surface area contributed by atoms with Gasteiger partial charge < -0.3 is 11.1 Å². The van der Waals surface area contributed by atoms with Gasteiger partial charge in [0.05, 0.1) is 11.5 Å². The Bertz CT molecular complexity index is 343. The molecule has 15 heavy (non-hydrogen) atoms. The van der Waals surface area contributed by atoms with E-state index in [0.717, 1.165) is 12.8 Å². The normalized spacial score (nSPS) is 19.6. The topological polar surface area (TPSA) is 55.1 Å². The minimum Gasteiger partial charge on any atom is -0.348 e. The van der Waals surface area contributed by atoms with Crippen molar-refractivity contribution in [2.75, 3.05) is 6.54 Å². The molecule has 1 heterocycles. The Kier molecular flexibility index (Phi) is 2.80. The van der Waals surface area contributed by atoms with Gasteiger partial charge in [0.1, 0.15) is 0 Å². The highest BCUT2D eigenvalue weighted by Crippen LogP contribution is 2.45. The number of nitrogens with two attached hydrogens (primary N) is 1. The molecule has 1 aromatic rings. The van der Waals surface area contributed by atoms with Crippen LogP contribution >= 0.6 is 11.3 Å². The van der Waals surface area contributed by atoms with Gasteiger partial charge in [-0.1, -0.05) is 6.07 Å². The summed E-state index contributed by atoms with van der Waals surface area (Å²) in [4.78, 5) is 13.1. The Morgan fingerprint density at radius 2 is 2.47 bits per heavy atom. The number of carbonyl (C=O) groups is 1. The molecule has 0 unspecified atom stereocenters. The molecule has 82 valence electrons. The zero-order valence-electron chi connectivity index (χ0n) is 8.82. The molecule has 1 aromatic heterocycles. The molecule has 0 aliphatic heterocycles. The highest BCUT2D eigenvalue weighted by molar-refractivity contribution is 7.10. The molecule has 0 radical (unpaired) electrons. The average Bonchev–Trinajstić information content (AvgIpc) is 2.84. The number of hydrogen-bond acceptors (Lipinski definition) is 3. The van der Waals surface area contributed by atoms with Crippen molar-refractivity contribution in [3.05, 3.63) is 22.4 Å². The van der Waals surface area contributed by atoms with Crippen LogP contribution in [0, 0.1) is 5.41 Å². The molecule has 1 aliphatic carbocycles. The number of nitrogens with one attached hydrogen (secondary N) is 1. The van der Waals surface area contributed by atoms with Crippen LogP contribution in [-0.4, -0.2) is 12.5 Å². The fourth-order valence-corrected chi connectivity index (χ4v) is 2.37. The van der Waals surface area contributed by atoms with Crippen molar-refractivity contribution >= 4 is 17.2 Å². The number of thiophene rings is 1. The van der Waals surface area contributed by atoms with E-state index in [1.165, 1.54) is 4.88 Å². The Balaban J connectivity index is 1.95. The molecule has 3 nitrogen and oxygen atoms in total. The average molecular weight is 224 g/mol. The maximum absolute atomic E-state index is 11.9. The maximum atomic E-state index is 11.9. The first-order valence-electron chi connectivity index (χ1n) is 5.22. The van der Waals surface area contributed by atoms with Crippen LogP contribution in [0.5, 0.6) is 0 Å². The van der Waals surface area contributed by atoms with Gasteiger partial charge in [-0.05, 0) is 31.2 Å². The molecule has 0 bridgehead atoms. The molecule has 1 amide bonds. The number of rotatable bonds is 4. The van der Waals surface area contributed by atoms with Crippen LogP contribution in [0.15, 0.2) is 17.5 Å². The molecule has 3 N–H and O–H groups in total. The summed E-state index contributed by atoms with van der Waals surface area (Å²) < 4.78 is 0. The van der Waals surface area contributed by atoms with Crippen molar-refractivity contribution in [2.45, 2.75) is 25.8 Å². The fraction of sp³-hybridized carbons (Fsp3) is 0.545. The summed E-state index contributed by atoms with van der Waals surface area (Å²) in [5.74, 6) is 0.117. The van der Waals surface area contributed by atoms with Gasteiger partial charge in [0.15, 0.2) is 0 Å². The molecule has 0 spiro atoms. The van der Waals surface area contributed by atoms with E-state index >= 15 is 0 Å². The van der Waals surface area contributed by atoms with E-state index in [2.05, 4.69) is 5.32 Å². The molecular formula is C11H16N2OS.